The van der Waals surface area contributed by atoms with E-state index < -0.39 is 11.9 Å². The predicted molar refractivity (Wildman–Crippen MR) is 73.7 cm³/mol. The predicted octanol–water partition coefficient (Wildman–Crippen LogP) is 4.22. The van der Waals surface area contributed by atoms with Crippen LogP contribution in [0.25, 0.3) is 0 Å². The Bertz CT molecular complexity index is 560. The molecule has 0 saturated carbocycles. The molecule has 0 amide bonds. The van der Waals surface area contributed by atoms with Crippen LogP contribution in [0.2, 0.25) is 0 Å². The van der Waals surface area contributed by atoms with Crippen molar-refractivity contribution in [2.45, 2.75) is 19.4 Å². The zero-order chi connectivity index (χ0) is 13.8. The number of aliphatic hydroxyl groups excluding tert-OH is 1. The molecule has 1 aromatic carbocycles. The zero-order valence-corrected chi connectivity index (χ0v) is 11.9. The lowest BCUT2D eigenvalue weighted by atomic mass is 10.2. The van der Waals surface area contributed by atoms with Crippen molar-refractivity contribution in [1.29, 1.82) is 0 Å². The first-order valence-electron chi connectivity index (χ1n) is 5.87. The Labute approximate surface area is 119 Å². The average Bonchev–Trinajstić information content (AvgIpc) is 2.43. The van der Waals surface area contributed by atoms with Gasteiger partial charge in [0.2, 0.25) is 0 Å². The third-order valence-corrected chi connectivity index (χ3v) is 3.10. The number of halogens is 2. The summed E-state index contributed by atoms with van der Waals surface area (Å²) in [5.41, 5.74) is 0.574. The Balaban J connectivity index is 2.17. The number of nitrogens with zero attached hydrogens (tertiary/aromatic N) is 1. The Morgan fingerprint density at radius 2 is 2.16 bits per heavy atom. The summed E-state index contributed by atoms with van der Waals surface area (Å²) in [4.78, 5) is 4.09. The van der Waals surface area contributed by atoms with E-state index in [0.29, 0.717) is 17.9 Å². The van der Waals surface area contributed by atoms with Gasteiger partial charge in [-0.15, -0.1) is 0 Å². The average molecular weight is 326 g/mol. The van der Waals surface area contributed by atoms with E-state index in [4.69, 9.17) is 4.74 Å². The van der Waals surface area contributed by atoms with Crippen molar-refractivity contribution in [3.05, 3.63) is 52.5 Å². The van der Waals surface area contributed by atoms with E-state index in [2.05, 4.69) is 20.9 Å². The monoisotopic (exact) mass is 325 g/mol. The largest absolute Gasteiger partial charge is 0.453 e. The van der Waals surface area contributed by atoms with Crippen LogP contribution in [0.1, 0.15) is 25.1 Å². The third kappa shape index (κ3) is 3.52. The van der Waals surface area contributed by atoms with Crippen LogP contribution in [0.4, 0.5) is 4.39 Å². The standard InChI is InChI=1S/C14H13BrFNO2/c1-2-13(18)12-6-4-10(8-17-12)19-14-7-9(15)3-5-11(14)16/h3-8,13,18H,2H2,1H3/t13-/m0/s1. The molecule has 0 bridgehead atoms. The van der Waals surface area contributed by atoms with Crippen LogP contribution >= 0.6 is 15.9 Å². The molecule has 1 atom stereocenters. The first kappa shape index (κ1) is 14.0. The molecule has 1 heterocycles. The van der Waals surface area contributed by atoms with Crippen LogP contribution in [0.3, 0.4) is 0 Å². The molecule has 0 radical (unpaired) electrons. The summed E-state index contributed by atoms with van der Waals surface area (Å²) < 4.78 is 19.7. The number of hydrogen-bond donors (Lipinski definition) is 1. The van der Waals surface area contributed by atoms with E-state index in [-0.39, 0.29) is 5.75 Å². The molecule has 0 saturated heterocycles. The van der Waals surface area contributed by atoms with Crippen molar-refractivity contribution in [2.24, 2.45) is 0 Å². The topological polar surface area (TPSA) is 42.4 Å². The van der Waals surface area contributed by atoms with E-state index in [1.165, 1.54) is 12.3 Å². The van der Waals surface area contributed by atoms with Crippen LogP contribution in [-0.2, 0) is 0 Å². The van der Waals surface area contributed by atoms with E-state index in [1.54, 1.807) is 24.3 Å². The highest BCUT2D eigenvalue weighted by Gasteiger charge is 2.08. The summed E-state index contributed by atoms with van der Waals surface area (Å²) in [5.74, 6) is 0.102. The number of rotatable bonds is 4. The number of hydrogen-bond acceptors (Lipinski definition) is 3. The molecule has 100 valence electrons. The number of pyridine rings is 1. The van der Waals surface area contributed by atoms with Gasteiger partial charge in [0.15, 0.2) is 11.6 Å². The summed E-state index contributed by atoms with van der Waals surface area (Å²) in [6.07, 6.45) is 1.47. The van der Waals surface area contributed by atoms with Crippen LogP contribution in [0, 0.1) is 5.82 Å². The maximum atomic E-state index is 13.5. The van der Waals surface area contributed by atoms with Crippen LogP contribution < -0.4 is 4.74 Å². The summed E-state index contributed by atoms with van der Waals surface area (Å²) in [7, 11) is 0. The Morgan fingerprint density at radius 3 is 2.79 bits per heavy atom. The highest BCUT2D eigenvalue weighted by molar-refractivity contribution is 9.10. The second-order valence-corrected chi connectivity index (χ2v) is 4.94. The lowest BCUT2D eigenvalue weighted by molar-refractivity contribution is 0.169. The van der Waals surface area contributed by atoms with Gasteiger partial charge in [0, 0.05) is 4.47 Å². The summed E-state index contributed by atoms with van der Waals surface area (Å²) in [6.45, 7) is 1.87. The molecule has 0 aliphatic heterocycles. The number of aromatic nitrogens is 1. The zero-order valence-electron chi connectivity index (χ0n) is 10.3. The summed E-state index contributed by atoms with van der Waals surface area (Å²) in [5, 5.41) is 9.62. The van der Waals surface area contributed by atoms with Crippen molar-refractivity contribution in [3.8, 4) is 11.5 Å². The van der Waals surface area contributed by atoms with Crippen LogP contribution in [0.15, 0.2) is 41.0 Å². The second kappa shape index (κ2) is 6.12. The fraction of sp³-hybridized carbons (Fsp3) is 0.214. The molecule has 19 heavy (non-hydrogen) atoms. The van der Waals surface area contributed by atoms with Gasteiger partial charge in [0.1, 0.15) is 5.75 Å². The minimum atomic E-state index is -0.586. The van der Waals surface area contributed by atoms with Gasteiger partial charge >= 0.3 is 0 Å². The molecule has 0 aliphatic rings. The third-order valence-electron chi connectivity index (χ3n) is 2.61. The second-order valence-electron chi connectivity index (χ2n) is 4.02. The molecule has 2 aromatic rings. The molecule has 1 N–H and O–H groups in total. The number of benzene rings is 1. The molecular weight excluding hydrogens is 313 g/mol. The first-order valence-corrected chi connectivity index (χ1v) is 6.66. The van der Waals surface area contributed by atoms with Crippen molar-refractivity contribution < 1.29 is 14.2 Å². The van der Waals surface area contributed by atoms with Gasteiger partial charge in [-0.1, -0.05) is 22.9 Å². The van der Waals surface area contributed by atoms with E-state index >= 15 is 0 Å². The molecule has 3 nitrogen and oxygen atoms in total. The van der Waals surface area contributed by atoms with Gasteiger partial charge in [-0.2, -0.15) is 0 Å². The Morgan fingerprint density at radius 1 is 1.37 bits per heavy atom. The van der Waals surface area contributed by atoms with Gasteiger partial charge in [0.25, 0.3) is 0 Å². The molecule has 1 aromatic heterocycles. The van der Waals surface area contributed by atoms with E-state index in [0.717, 1.165) is 4.47 Å². The highest BCUT2D eigenvalue weighted by atomic mass is 79.9. The molecule has 2 rings (SSSR count). The van der Waals surface area contributed by atoms with Crippen molar-refractivity contribution in [1.82, 2.24) is 4.98 Å². The normalized spacial score (nSPS) is 12.2. The number of ether oxygens (including phenoxy) is 1. The molecule has 5 heteroatoms. The van der Waals surface area contributed by atoms with Crippen LogP contribution in [0.5, 0.6) is 11.5 Å². The SMILES string of the molecule is CC[C@H](O)c1ccc(Oc2cc(Br)ccc2F)cn1. The van der Waals surface area contributed by atoms with E-state index in [1.807, 2.05) is 6.92 Å². The smallest absolute Gasteiger partial charge is 0.165 e. The van der Waals surface area contributed by atoms with Gasteiger partial charge in [-0.3, -0.25) is 4.98 Å². The lowest BCUT2D eigenvalue weighted by Crippen LogP contribution is -1.98. The molecule has 0 spiro atoms. The minimum Gasteiger partial charge on any atom is -0.453 e. The van der Waals surface area contributed by atoms with Crippen molar-refractivity contribution >= 4 is 15.9 Å². The molecule has 0 unspecified atom stereocenters. The van der Waals surface area contributed by atoms with Crippen molar-refractivity contribution in [2.75, 3.05) is 0 Å². The number of aliphatic hydroxyl groups is 1. The van der Waals surface area contributed by atoms with Gasteiger partial charge in [0.05, 0.1) is 18.0 Å². The van der Waals surface area contributed by atoms with Gasteiger partial charge in [-0.25, -0.2) is 4.39 Å². The van der Waals surface area contributed by atoms with Gasteiger partial charge < -0.3 is 9.84 Å². The molecule has 0 aliphatic carbocycles. The quantitative estimate of drug-likeness (QED) is 0.915. The van der Waals surface area contributed by atoms with Gasteiger partial charge in [-0.05, 0) is 36.8 Å². The minimum absolute atomic E-state index is 0.125. The molecule has 0 fully saturated rings. The Kier molecular flexibility index (Phi) is 4.50. The van der Waals surface area contributed by atoms with Crippen molar-refractivity contribution in [3.63, 3.8) is 0 Å². The van der Waals surface area contributed by atoms with Crippen LogP contribution in [-0.4, -0.2) is 10.1 Å². The maximum absolute atomic E-state index is 13.5. The Hall–Kier alpha value is -1.46. The van der Waals surface area contributed by atoms with E-state index in [9.17, 15) is 9.50 Å². The lowest BCUT2D eigenvalue weighted by Gasteiger charge is -2.09. The highest BCUT2D eigenvalue weighted by Crippen LogP contribution is 2.27. The fourth-order valence-corrected chi connectivity index (χ4v) is 1.88. The first-order chi connectivity index (χ1) is 9.10. The summed E-state index contributed by atoms with van der Waals surface area (Å²) in [6, 6.07) is 7.79. The summed E-state index contributed by atoms with van der Waals surface area (Å²) >= 11 is 3.25. The molecular formula is C14H13BrFNO2. The fourth-order valence-electron chi connectivity index (χ4n) is 1.54. The maximum Gasteiger partial charge on any atom is 0.165 e.